The summed E-state index contributed by atoms with van der Waals surface area (Å²) < 4.78 is 38.8. The van der Waals surface area contributed by atoms with Crippen molar-refractivity contribution in [2.24, 2.45) is 0 Å². The number of halogens is 2. The number of amides is 2. The molecule has 2 N–H and O–H groups in total. The molecule has 0 radical (unpaired) electrons. The molecule has 0 aromatic heterocycles. The molecule has 1 aliphatic heterocycles. The number of benzene rings is 2. The summed E-state index contributed by atoms with van der Waals surface area (Å²) in [6.45, 7) is 4.84. The molecule has 29 heavy (non-hydrogen) atoms. The largest absolute Gasteiger partial charge is 0.505 e. The second-order valence-electron chi connectivity index (χ2n) is 7.52. The molecule has 0 atom stereocenters. The number of rotatable bonds is 3. The summed E-state index contributed by atoms with van der Waals surface area (Å²) in [5.41, 5.74) is -0.382. The molecule has 1 aliphatic rings. The number of nitrogens with one attached hydrogen (secondary N) is 1. The second kappa shape index (κ2) is 7.57. The number of hydrogen-bond donors (Lipinski definition) is 2. The lowest BCUT2D eigenvalue weighted by atomic mass is 10.1. The summed E-state index contributed by atoms with van der Waals surface area (Å²) >= 11 is 0. The van der Waals surface area contributed by atoms with Crippen molar-refractivity contribution >= 4 is 17.9 Å². The van der Waals surface area contributed by atoms with E-state index in [-0.39, 0.29) is 30.1 Å². The van der Waals surface area contributed by atoms with Gasteiger partial charge in [0.15, 0.2) is 17.3 Å². The zero-order chi connectivity index (χ0) is 21.3. The maximum atomic E-state index is 14.8. The van der Waals surface area contributed by atoms with Gasteiger partial charge >= 0.3 is 12.2 Å². The van der Waals surface area contributed by atoms with Crippen molar-refractivity contribution < 1.29 is 33.0 Å². The Hall–Kier alpha value is -3.36. The molecule has 9 heteroatoms. The second-order valence-corrected chi connectivity index (χ2v) is 7.52. The van der Waals surface area contributed by atoms with E-state index in [4.69, 9.17) is 9.47 Å². The van der Waals surface area contributed by atoms with Crippen LogP contribution in [0.25, 0.3) is 0 Å². The van der Waals surface area contributed by atoms with Gasteiger partial charge in [-0.3, -0.25) is 10.2 Å². The maximum absolute atomic E-state index is 14.8. The van der Waals surface area contributed by atoms with Gasteiger partial charge in [0.1, 0.15) is 5.60 Å². The zero-order valence-corrected chi connectivity index (χ0v) is 16.1. The molecular weight excluding hydrogens is 386 g/mol. The number of carbonyl (C=O) groups is 2. The van der Waals surface area contributed by atoms with E-state index in [0.29, 0.717) is 5.56 Å². The smallest absolute Gasteiger partial charge is 0.415 e. The number of phenolic OH excluding ortho intramolecular Hbond substituents is 1. The number of ether oxygens (including phenoxy) is 2. The predicted octanol–water partition coefficient (Wildman–Crippen LogP) is 4.53. The highest BCUT2D eigenvalue weighted by molar-refractivity contribution is 5.85. The number of phenols is 1. The average Bonchev–Trinajstić information content (AvgIpc) is 2.61. The van der Waals surface area contributed by atoms with Crippen LogP contribution in [0.1, 0.15) is 31.9 Å². The Bertz CT molecular complexity index is 972. The first-order chi connectivity index (χ1) is 13.5. The monoisotopic (exact) mass is 406 g/mol. The standard InChI is InChI=1S/C20H20F2N2O5/c1-20(2,3)29-18(26)23-13-6-4-5-11(15(13)21)9-24-10-12-7-8-14(25)16(22)17(12)28-19(24)27/h4-8,25H,9-10H2,1-3H3,(H,23,26). The highest BCUT2D eigenvalue weighted by atomic mass is 19.1. The summed E-state index contributed by atoms with van der Waals surface area (Å²) in [6, 6.07) is 6.91. The van der Waals surface area contributed by atoms with E-state index in [2.05, 4.69) is 5.32 Å². The zero-order valence-electron chi connectivity index (χ0n) is 16.1. The van der Waals surface area contributed by atoms with Gasteiger partial charge < -0.3 is 14.6 Å². The van der Waals surface area contributed by atoms with Gasteiger partial charge in [-0.25, -0.2) is 14.0 Å². The van der Waals surface area contributed by atoms with E-state index in [0.717, 1.165) is 6.07 Å². The van der Waals surface area contributed by atoms with Crippen LogP contribution in [0.2, 0.25) is 0 Å². The van der Waals surface area contributed by atoms with Crippen LogP contribution in [0, 0.1) is 11.6 Å². The molecule has 0 aliphatic carbocycles. The van der Waals surface area contributed by atoms with Gasteiger partial charge in [0.2, 0.25) is 5.82 Å². The number of nitrogens with zero attached hydrogens (tertiary/aromatic N) is 1. The van der Waals surface area contributed by atoms with Crippen molar-refractivity contribution in [2.45, 2.75) is 39.5 Å². The summed E-state index contributed by atoms with van der Waals surface area (Å²) in [5, 5.41) is 11.7. The number of carbonyl (C=O) groups excluding carboxylic acids is 2. The number of fused-ring (bicyclic) bond motifs is 1. The van der Waals surface area contributed by atoms with Gasteiger partial charge in [-0.15, -0.1) is 0 Å². The molecule has 3 rings (SSSR count). The third-order valence-electron chi connectivity index (χ3n) is 4.04. The van der Waals surface area contributed by atoms with Crippen molar-refractivity contribution in [3.05, 3.63) is 53.1 Å². The van der Waals surface area contributed by atoms with E-state index in [1.807, 2.05) is 0 Å². The van der Waals surface area contributed by atoms with Crippen LogP contribution >= 0.6 is 0 Å². The highest BCUT2D eigenvalue weighted by Crippen LogP contribution is 2.34. The SMILES string of the molecule is CC(C)(C)OC(=O)Nc1cccc(CN2Cc3ccc(O)c(F)c3OC2=O)c1F. The molecule has 154 valence electrons. The average molecular weight is 406 g/mol. The Morgan fingerprint density at radius 2 is 1.97 bits per heavy atom. The van der Waals surface area contributed by atoms with E-state index in [1.54, 1.807) is 20.8 Å². The first-order valence-corrected chi connectivity index (χ1v) is 8.79. The minimum Gasteiger partial charge on any atom is -0.505 e. The normalized spacial score (nSPS) is 13.6. The lowest BCUT2D eigenvalue weighted by Crippen LogP contribution is -2.37. The Labute approximate surface area is 165 Å². The van der Waals surface area contributed by atoms with E-state index in [9.17, 15) is 23.5 Å². The number of hydrogen-bond acceptors (Lipinski definition) is 5. The van der Waals surface area contributed by atoms with E-state index >= 15 is 0 Å². The molecular formula is C20H20F2N2O5. The molecule has 2 amide bonds. The van der Waals surface area contributed by atoms with Crippen LogP contribution in [-0.4, -0.2) is 27.8 Å². The van der Waals surface area contributed by atoms with Gasteiger partial charge in [-0.05, 0) is 39.0 Å². The van der Waals surface area contributed by atoms with Crippen LogP contribution in [0.15, 0.2) is 30.3 Å². The molecule has 0 bridgehead atoms. The Kier molecular flexibility index (Phi) is 5.32. The fraction of sp³-hybridized carbons (Fsp3) is 0.300. The first-order valence-electron chi connectivity index (χ1n) is 8.79. The maximum Gasteiger partial charge on any atom is 0.415 e. The van der Waals surface area contributed by atoms with Crippen LogP contribution in [0.4, 0.5) is 24.1 Å². The van der Waals surface area contributed by atoms with E-state index < -0.39 is 35.2 Å². The molecule has 0 fully saturated rings. The molecule has 2 aromatic rings. The lowest BCUT2D eigenvalue weighted by molar-refractivity contribution is 0.0635. The van der Waals surface area contributed by atoms with Gasteiger partial charge in [-0.2, -0.15) is 4.39 Å². The molecule has 0 saturated heterocycles. The van der Waals surface area contributed by atoms with Crippen molar-refractivity contribution in [3.8, 4) is 11.5 Å². The quantitative estimate of drug-likeness (QED) is 0.782. The van der Waals surface area contributed by atoms with E-state index in [1.165, 1.54) is 29.2 Å². The van der Waals surface area contributed by atoms with Crippen molar-refractivity contribution in [2.75, 3.05) is 5.32 Å². The Balaban J connectivity index is 1.78. The fourth-order valence-corrected chi connectivity index (χ4v) is 2.78. The van der Waals surface area contributed by atoms with Crippen molar-refractivity contribution in [1.29, 1.82) is 0 Å². The summed E-state index contributed by atoms with van der Waals surface area (Å²) in [7, 11) is 0. The summed E-state index contributed by atoms with van der Waals surface area (Å²) in [5.74, 6) is -2.72. The van der Waals surface area contributed by atoms with Gasteiger partial charge in [0.05, 0.1) is 18.8 Å². The molecule has 0 saturated carbocycles. The molecule has 2 aromatic carbocycles. The topological polar surface area (TPSA) is 88.1 Å². The van der Waals surface area contributed by atoms with Crippen molar-refractivity contribution in [1.82, 2.24) is 4.90 Å². The van der Waals surface area contributed by atoms with Gasteiger partial charge in [-0.1, -0.05) is 12.1 Å². The van der Waals surface area contributed by atoms with Crippen LogP contribution in [-0.2, 0) is 17.8 Å². The summed E-state index contributed by atoms with van der Waals surface area (Å²) in [4.78, 5) is 25.3. The van der Waals surface area contributed by atoms with Gasteiger partial charge in [0.25, 0.3) is 0 Å². The third kappa shape index (κ3) is 4.56. The summed E-state index contributed by atoms with van der Waals surface area (Å²) in [6.07, 6.45) is -1.69. The minimum atomic E-state index is -1.02. The Morgan fingerprint density at radius 3 is 2.66 bits per heavy atom. The van der Waals surface area contributed by atoms with Gasteiger partial charge in [0, 0.05) is 11.1 Å². The molecule has 1 heterocycles. The highest BCUT2D eigenvalue weighted by Gasteiger charge is 2.29. The molecule has 7 nitrogen and oxygen atoms in total. The fourth-order valence-electron chi connectivity index (χ4n) is 2.78. The lowest BCUT2D eigenvalue weighted by Gasteiger charge is -2.28. The first kappa shape index (κ1) is 20.4. The minimum absolute atomic E-state index is 0.0332. The van der Waals surface area contributed by atoms with Crippen LogP contribution in [0.3, 0.4) is 0 Å². The Morgan fingerprint density at radius 1 is 1.24 bits per heavy atom. The molecule has 0 unspecified atom stereocenters. The predicted molar refractivity (Wildman–Crippen MR) is 99.6 cm³/mol. The number of aromatic hydroxyl groups is 1. The van der Waals surface area contributed by atoms with Crippen molar-refractivity contribution in [3.63, 3.8) is 0 Å². The number of anilines is 1. The van der Waals surface area contributed by atoms with Crippen LogP contribution < -0.4 is 10.1 Å². The van der Waals surface area contributed by atoms with Crippen LogP contribution in [0.5, 0.6) is 11.5 Å². The molecule has 0 spiro atoms. The third-order valence-corrected chi connectivity index (χ3v) is 4.04.